The number of ketones is 2. The van der Waals surface area contributed by atoms with Crippen LogP contribution in [0.1, 0.15) is 46.0 Å². The molecule has 0 N–H and O–H groups in total. The van der Waals surface area contributed by atoms with E-state index in [4.69, 9.17) is 0 Å². The predicted octanol–water partition coefficient (Wildman–Crippen LogP) is 3.67. The van der Waals surface area contributed by atoms with Crippen molar-refractivity contribution in [2.75, 3.05) is 44.2 Å². The maximum atomic E-state index is 12.0. The van der Waals surface area contributed by atoms with Gasteiger partial charge < -0.3 is 4.90 Å². The van der Waals surface area contributed by atoms with Crippen molar-refractivity contribution in [3.05, 3.63) is 12.7 Å². The zero-order chi connectivity index (χ0) is 18.5. The second-order valence-electron chi connectivity index (χ2n) is 6.78. The highest BCUT2D eigenvalue weighted by atomic mass is 33.1. The highest BCUT2D eigenvalue weighted by Crippen LogP contribution is 2.24. The summed E-state index contributed by atoms with van der Waals surface area (Å²) in [5, 5.41) is 0. The predicted molar refractivity (Wildman–Crippen MR) is 111 cm³/mol. The van der Waals surface area contributed by atoms with Crippen LogP contribution in [0.4, 0.5) is 0 Å². The van der Waals surface area contributed by atoms with Gasteiger partial charge in [-0.3, -0.25) is 14.5 Å². The first-order valence-corrected chi connectivity index (χ1v) is 11.9. The van der Waals surface area contributed by atoms with Crippen LogP contribution in [-0.2, 0) is 9.59 Å². The molecule has 0 atom stereocenters. The van der Waals surface area contributed by atoms with Crippen LogP contribution in [0.15, 0.2) is 12.7 Å². The first kappa shape index (κ1) is 22.7. The number of Topliss-reactive ketones (excluding diaryl/α,β-unsaturated/α-hetero) is 1. The summed E-state index contributed by atoms with van der Waals surface area (Å²) in [4.78, 5) is 28.0. The molecule has 0 aromatic carbocycles. The topological polar surface area (TPSA) is 40.6 Å². The van der Waals surface area contributed by atoms with E-state index in [0.717, 1.165) is 57.1 Å². The van der Waals surface area contributed by atoms with Crippen molar-refractivity contribution in [3.63, 3.8) is 0 Å². The standard InChI is InChI=1S/C19H34N2O2S2/c1-4-18(22)7-5-15-24-25-16-6-8-19(23)9-10-20-11-13-21(14-12-20)17(2)3/h4,17H,1,5-16H2,2-3H3. The number of hydrogen-bond acceptors (Lipinski definition) is 6. The van der Waals surface area contributed by atoms with E-state index >= 15 is 0 Å². The van der Waals surface area contributed by atoms with Gasteiger partial charge in [0.05, 0.1) is 0 Å². The summed E-state index contributed by atoms with van der Waals surface area (Å²) >= 11 is 0. The lowest BCUT2D eigenvalue weighted by molar-refractivity contribution is -0.119. The van der Waals surface area contributed by atoms with Crippen molar-refractivity contribution in [2.45, 2.75) is 52.0 Å². The van der Waals surface area contributed by atoms with E-state index in [1.807, 2.05) is 10.8 Å². The molecule has 1 aliphatic rings. The van der Waals surface area contributed by atoms with Gasteiger partial charge in [-0.05, 0) is 32.8 Å². The quantitative estimate of drug-likeness (QED) is 0.258. The van der Waals surface area contributed by atoms with Gasteiger partial charge in [-0.15, -0.1) is 0 Å². The molecule has 0 spiro atoms. The Morgan fingerprint density at radius 2 is 1.60 bits per heavy atom. The molecule has 25 heavy (non-hydrogen) atoms. The van der Waals surface area contributed by atoms with E-state index in [0.29, 0.717) is 31.1 Å². The van der Waals surface area contributed by atoms with E-state index in [2.05, 4.69) is 30.2 Å². The summed E-state index contributed by atoms with van der Waals surface area (Å²) in [7, 11) is 3.62. The van der Waals surface area contributed by atoms with Crippen LogP contribution in [-0.4, -0.2) is 71.6 Å². The van der Waals surface area contributed by atoms with Crippen molar-refractivity contribution in [3.8, 4) is 0 Å². The summed E-state index contributed by atoms with van der Waals surface area (Å²) in [6.45, 7) is 13.3. The summed E-state index contributed by atoms with van der Waals surface area (Å²) in [5.74, 6) is 2.52. The summed E-state index contributed by atoms with van der Waals surface area (Å²) in [6, 6.07) is 0.627. The molecule has 6 heteroatoms. The van der Waals surface area contributed by atoms with Crippen LogP contribution in [0.2, 0.25) is 0 Å². The van der Waals surface area contributed by atoms with Gasteiger partial charge in [0.1, 0.15) is 5.78 Å². The summed E-state index contributed by atoms with van der Waals surface area (Å²) < 4.78 is 0. The molecule has 0 aliphatic carbocycles. The lowest BCUT2D eigenvalue weighted by Crippen LogP contribution is -2.49. The fourth-order valence-electron chi connectivity index (χ4n) is 2.76. The molecule has 1 rings (SSSR count). The van der Waals surface area contributed by atoms with Crippen molar-refractivity contribution >= 4 is 33.2 Å². The fraction of sp³-hybridized carbons (Fsp3) is 0.789. The second kappa shape index (κ2) is 13.8. The molecule has 1 saturated heterocycles. The zero-order valence-electron chi connectivity index (χ0n) is 15.9. The Morgan fingerprint density at radius 3 is 2.16 bits per heavy atom. The van der Waals surface area contributed by atoms with Gasteiger partial charge >= 0.3 is 0 Å². The highest BCUT2D eigenvalue weighted by molar-refractivity contribution is 8.76. The Bertz CT molecular complexity index is 408. The van der Waals surface area contributed by atoms with Gasteiger partial charge in [0.2, 0.25) is 0 Å². The van der Waals surface area contributed by atoms with Gasteiger partial charge in [-0.2, -0.15) is 0 Å². The number of hydrogen-bond donors (Lipinski definition) is 0. The van der Waals surface area contributed by atoms with E-state index < -0.39 is 0 Å². The maximum Gasteiger partial charge on any atom is 0.155 e. The minimum absolute atomic E-state index is 0.127. The van der Waals surface area contributed by atoms with Crippen molar-refractivity contribution < 1.29 is 9.59 Å². The van der Waals surface area contributed by atoms with Gasteiger partial charge in [0.25, 0.3) is 0 Å². The van der Waals surface area contributed by atoms with E-state index in [1.165, 1.54) is 6.08 Å². The van der Waals surface area contributed by atoms with E-state index in [9.17, 15) is 9.59 Å². The molecule has 0 saturated carbocycles. The SMILES string of the molecule is C=CC(=O)CCCSSCCCC(=O)CCN1CCN(C(C)C)CC1. The third-order valence-corrected chi connectivity index (χ3v) is 7.07. The van der Waals surface area contributed by atoms with Crippen LogP contribution < -0.4 is 0 Å². The second-order valence-corrected chi connectivity index (χ2v) is 9.48. The number of carbonyl (C=O) groups is 2. The first-order valence-electron chi connectivity index (χ1n) is 9.40. The molecular weight excluding hydrogens is 352 g/mol. The van der Waals surface area contributed by atoms with E-state index in [-0.39, 0.29) is 5.78 Å². The molecule has 0 unspecified atom stereocenters. The normalized spacial score (nSPS) is 16.3. The monoisotopic (exact) mass is 386 g/mol. The van der Waals surface area contributed by atoms with Gasteiger partial charge in [0, 0.05) is 69.5 Å². The smallest absolute Gasteiger partial charge is 0.155 e. The third kappa shape index (κ3) is 11.1. The van der Waals surface area contributed by atoms with Gasteiger partial charge in [-0.1, -0.05) is 28.2 Å². The number of carbonyl (C=O) groups excluding carboxylic acids is 2. The third-order valence-electron chi connectivity index (χ3n) is 4.49. The first-order chi connectivity index (χ1) is 12.0. The van der Waals surface area contributed by atoms with Crippen LogP contribution in [0.5, 0.6) is 0 Å². The Morgan fingerprint density at radius 1 is 1.00 bits per heavy atom. The number of nitrogens with zero attached hydrogens (tertiary/aromatic N) is 2. The molecule has 144 valence electrons. The average Bonchev–Trinajstić information content (AvgIpc) is 2.62. The van der Waals surface area contributed by atoms with Crippen molar-refractivity contribution in [2.24, 2.45) is 0 Å². The lowest BCUT2D eigenvalue weighted by atomic mass is 10.1. The molecular formula is C19H34N2O2S2. The molecule has 1 aliphatic heterocycles. The minimum Gasteiger partial charge on any atom is -0.300 e. The molecule has 0 radical (unpaired) electrons. The van der Waals surface area contributed by atoms with Crippen LogP contribution in [0.3, 0.4) is 0 Å². The largest absolute Gasteiger partial charge is 0.300 e. The molecule has 1 heterocycles. The number of allylic oxidation sites excluding steroid dienone is 1. The maximum absolute atomic E-state index is 12.0. The van der Waals surface area contributed by atoms with E-state index in [1.54, 1.807) is 10.8 Å². The average molecular weight is 387 g/mol. The fourth-order valence-corrected chi connectivity index (χ4v) is 4.94. The van der Waals surface area contributed by atoms with Crippen LogP contribution in [0.25, 0.3) is 0 Å². The van der Waals surface area contributed by atoms with Crippen LogP contribution >= 0.6 is 21.6 Å². The molecule has 0 aromatic heterocycles. The summed E-state index contributed by atoms with van der Waals surface area (Å²) in [6.07, 6.45) is 5.26. The minimum atomic E-state index is 0.127. The molecule has 0 aromatic rings. The van der Waals surface area contributed by atoms with Crippen LogP contribution in [0, 0.1) is 0 Å². The van der Waals surface area contributed by atoms with Crippen molar-refractivity contribution in [1.29, 1.82) is 0 Å². The molecule has 4 nitrogen and oxygen atoms in total. The Balaban J connectivity index is 1.92. The molecule has 0 bridgehead atoms. The molecule has 1 fully saturated rings. The zero-order valence-corrected chi connectivity index (χ0v) is 17.5. The Labute approximate surface area is 161 Å². The summed E-state index contributed by atoms with van der Waals surface area (Å²) in [5.41, 5.74) is 0. The molecule has 0 amide bonds. The Hall–Kier alpha value is -0.300. The van der Waals surface area contributed by atoms with Gasteiger partial charge in [0.15, 0.2) is 5.78 Å². The van der Waals surface area contributed by atoms with Crippen molar-refractivity contribution in [1.82, 2.24) is 9.80 Å². The lowest BCUT2D eigenvalue weighted by Gasteiger charge is -2.36. The highest BCUT2D eigenvalue weighted by Gasteiger charge is 2.18. The number of rotatable bonds is 14. The number of piperazine rings is 1. The van der Waals surface area contributed by atoms with Gasteiger partial charge in [-0.25, -0.2) is 0 Å². The Kier molecular flexibility index (Phi) is 12.6.